The number of benzene rings is 1. The molecule has 2 aromatic heterocycles. The predicted molar refractivity (Wildman–Crippen MR) is 94.8 cm³/mol. The van der Waals surface area contributed by atoms with E-state index >= 15 is 0 Å². The standard InChI is InChI=1S/C17H18N4OS/c1-10-11(2)23-17-14(10)16(21(3)9-13(18)22)19-15(20-17)12-7-5-4-6-8-12/h4-8H,9H2,1-3H3,(H2,18,22). The summed E-state index contributed by atoms with van der Waals surface area (Å²) in [6.07, 6.45) is 0. The topological polar surface area (TPSA) is 72.1 Å². The number of nitrogens with two attached hydrogens (primary N) is 1. The summed E-state index contributed by atoms with van der Waals surface area (Å²) < 4.78 is 0. The molecule has 0 aliphatic rings. The van der Waals surface area contributed by atoms with E-state index in [1.165, 1.54) is 4.88 Å². The molecule has 0 aliphatic heterocycles. The van der Waals surface area contributed by atoms with Crippen molar-refractivity contribution in [3.63, 3.8) is 0 Å². The Morgan fingerprint density at radius 2 is 1.91 bits per heavy atom. The molecule has 0 spiro atoms. The fraction of sp³-hybridized carbons (Fsp3) is 0.235. The number of anilines is 1. The number of nitrogens with zero attached hydrogens (tertiary/aromatic N) is 3. The molecule has 1 amide bonds. The molecule has 5 nitrogen and oxygen atoms in total. The molecule has 6 heteroatoms. The van der Waals surface area contributed by atoms with Crippen LogP contribution in [0.1, 0.15) is 10.4 Å². The van der Waals surface area contributed by atoms with Crippen molar-refractivity contribution in [1.82, 2.24) is 9.97 Å². The summed E-state index contributed by atoms with van der Waals surface area (Å²) in [5, 5.41) is 0.996. The van der Waals surface area contributed by atoms with Crippen LogP contribution in [0.5, 0.6) is 0 Å². The monoisotopic (exact) mass is 326 g/mol. The van der Waals surface area contributed by atoms with Crippen molar-refractivity contribution in [3.8, 4) is 11.4 Å². The molecule has 0 fully saturated rings. The second kappa shape index (κ2) is 5.96. The number of carbonyl (C=O) groups is 1. The minimum absolute atomic E-state index is 0.120. The highest BCUT2D eigenvalue weighted by Crippen LogP contribution is 2.36. The first-order chi connectivity index (χ1) is 11.0. The van der Waals surface area contributed by atoms with E-state index in [2.05, 4.69) is 13.8 Å². The van der Waals surface area contributed by atoms with Crippen molar-refractivity contribution in [2.45, 2.75) is 13.8 Å². The van der Waals surface area contributed by atoms with Gasteiger partial charge in [-0.25, -0.2) is 9.97 Å². The lowest BCUT2D eigenvalue weighted by molar-refractivity contribution is -0.116. The summed E-state index contributed by atoms with van der Waals surface area (Å²) >= 11 is 1.64. The largest absolute Gasteiger partial charge is 0.368 e. The van der Waals surface area contributed by atoms with Gasteiger partial charge in [0.1, 0.15) is 10.6 Å². The van der Waals surface area contributed by atoms with E-state index in [-0.39, 0.29) is 12.5 Å². The fourth-order valence-electron chi connectivity index (χ4n) is 2.53. The van der Waals surface area contributed by atoms with Crippen LogP contribution in [0.25, 0.3) is 21.6 Å². The van der Waals surface area contributed by atoms with Gasteiger partial charge in [0.15, 0.2) is 5.82 Å². The van der Waals surface area contributed by atoms with Crippen molar-refractivity contribution < 1.29 is 4.79 Å². The first-order valence-electron chi connectivity index (χ1n) is 7.30. The van der Waals surface area contributed by atoms with E-state index in [4.69, 9.17) is 15.7 Å². The van der Waals surface area contributed by atoms with Crippen molar-refractivity contribution in [2.24, 2.45) is 5.73 Å². The minimum atomic E-state index is -0.384. The Labute approximate surface area is 138 Å². The Balaban J connectivity index is 2.24. The number of hydrogen-bond donors (Lipinski definition) is 1. The van der Waals surface area contributed by atoms with Gasteiger partial charge < -0.3 is 10.6 Å². The van der Waals surface area contributed by atoms with E-state index in [0.29, 0.717) is 5.82 Å². The van der Waals surface area contributed by atoms with Gasteiger partial charge in [0.25, 0.3) is 0 Å². The number of fused-ring (bicyclic) bond motifs is 1. The third-order valence-electron chi connectivity index (χ3n) is 3.80. The number of thiophene rings is 1. The fourth-order valence-corrected chi connectivity index (χ4v) is 3.55. The lowest BCUT2D eigenvalue weighted by Gasteiger charge is -2.18. The molecule has 118 valence electrons. The molecular weight excluding hydrogens is 308 g/mol. The Bertz CT molecular complexity index is 873. The van der Waals surface area contributed by atoms with Gasteiger partial charge in [0.05, 0.1) is 11.9 Å². The first kappa shape index (κ1) is 15.4. The van der Waals surface area contributed by atoms with Gasteiger partial charge in [-0.2, -0.15) is 0 Å². The summed E-state index contributed by atoms with van der Waals surface area (Å²) in [7, 11) is 1.83. The smallest absolute Gasteiger partial charge is 0.236 e. The van der Waals surface area contributed by atoms with Crippen LogP contribution in [-0.2, 0) is 4.79 Å². The first-order valence-corrected chi connectivity index (χ1v) is 8.11. The van der Waals surface area contributed by atoms with Gasteiger partial charge in [-0.05, 0) is 19.4 Å². The summed E-state index contributed by atoms with van der Waals surface area (Å²) in [4.78, 5) is 24.7. The highest BCUT2D eigenvalue weighted by Gasteiger charge is 2.18. The van der Waals surface area contributed by atoms with Gasteiger partial charge in [0.2, 0.25) is 5.91 Å². The van der Waals surface area contributed by atoms with Crippen LogP contribution >= 0.6 is 11.3 Å². The Morgan fingerprint density at radius 1 is 1.22 bits per heavy atom. The Hall–Kier alpha value is -2.47. The number of likely N-dealkylation sites (N-methyl/N-ethyl adjacent to an activating group) is 1. The normalized spacial score (nSPS) is 10.9. The molecule has 0 saturated heterocycles. The molecule has 0 radical (unpaired) electrons. The summed E-state index contributed by atoms with van der Waals surface area (Å²) in [6.45, 7) is 4.25. The molecule has 2 N–H and O–H groups in total. The SMILES string of the molecule is Cc1sc2nc(-c3ccccc3)nc(N(C)CC(N)=O)c2c1C. The lowest BCUT2D eigenvalue weighted by atomic mass is 10.1. The van der Waals surface area contributed by atoms with Crippen LogP contribution in [0.15, 0.2) is 30.3 Å². The average molecular weight is 326 g/mol. The van der Waals surface area contributed by atoms with Gasteiger partial charge in [-0.1, -0.05) is 30.3 Å². The predicted octanol–water partition coefficient (Wildman–Crippen LogP) is 2.90. The van der Waals surface area contributed by atoms with E-state index in [1.807, 2.05) is 37.4 Å². The molecule has 3 rings (SSSR count). The molecule has 0 saturated carbocycles. The molecule has 3 aromatic rings. The summed E-state index contributed by atoms with van der Waals surface area (Å²) in [5.41, 5.74) is 7.45. The van der Waals surface area contributed by atoms with Crippen LogP contribution < -0.4 is 10.6 Å². The maximum atomic E-state index is 11.3. The zero-order valence-corrected chi connectivity index (χ0v) is 14.1. The van der Waals surface area contributed by atoms with E-state index in [0.717, 1.165) is 27.2 Å². The number of aromatic nitrogens is 2. The lowest BCUT2D eigenvalue weighted by Crippen LogP contribution is -2.31. The second-order valence-electron chi connectivity index (χ2n) is 5.52. The molecule has 1 aromatic carbocycles. The van der Waals surface area contributed by atoms with E-state index in [1.54, 1.807) is 16.2 Å². The van der Waals surface area contributed by atoms with Crippen LogP contribution in [0, 0.1) is 13.8 Å². The van der Waals surface area contributed by atoms with Gasteiger partial charge >= 0.3 is 0 Å². The average Bonchev–Trinajstić information content (AvgIpc) is 2.81. The number of aryl methyl sites for hydroxylation is 2. The van der Waals surface area contributed by atoms with E-state index in [9.17, 15) is 4.79 Å². The van der Waals surface area contributed by atoms with Crippen LogP contribution in [0.2, 0.25) is 0 Å². The Kier molecular flexibility index (Phi) is 4.00. The van der Waals surface area contributed by atoms with Gasteiger partial charge in [0, 0.05) is 17.5 Å². The maximum Gasteiger partial charge on any atom is 0.236 e. The molecule has 0 aliphatic carbocycles. The number of hydrogen-bond acceptors (Lipinski definition) is 5. The molecule has 2 heterocycles. The molecule has 0 atom stereocenters. The van der Waals surface area contributed by atoms with Crippen molar-refractivity contribution in [3.05, 3.63) is 40.8 Å². The number of rotatable bonds is 4. The van der Waals surface area contributed by atoms with Crippen molar-refractivity contribution in [2.75, 3.05) is 18.5 Å². The molecular formula is C17H18N4OS. The van der Waals surface area contributed by atoms with Crippen LogP contribution in [0.3, 0.4) is 0 Å². The number of primary amides is 1. The van der Waals surface area contributed by atoms with Gasteiger partial charge in [-0.3, -0.25) is 4.79 Å². The number of carbonyl (C=O) groups excluding carboxylic acids is 1. The Morgan fingerprint density at radius 3 is 2.57 bits per heavy atom. The maximum absolute atomic E-state index is 11.3. The molecule has 23 heavy (non-hydrogen) atoms. The zero-order valence-electron chi connectivity index (χ0n) is 13.3. The van der Waals surface area contributed by atoms with Crippen molar-refractivity contribution in [1.29, 1.82) is 0 Å². The molecule has 0 unspecified atom stereocenters. The highest BCUT2D eigenvalue weighted by molar-refractivity contribution is 7.18. The molecule has 0 bridgehead atoms. The highest BCUT2D eigenvalue weighted by atomic mass is 32.1. The van der Waals surface area contributed by atoms with Crippen LogP contribution in [0.4, 0.5) is 5.82 Å². The third-order valence-corrected chi connectivity index (χ3v) is 4.90. The summed E-state index contributed by atoms with van der Waals surface area (Å²) in [6, 6.07) is 9.83. The number of amides is 1. The second-order valence-corrected chi connectivity index (χ2v) is 6.73. The van der Waals surface area contributed by atoms with E-state index < -0.39 is 0 Å². The zero-order chi connectivity index (χ0) is 16.6. The minimum Gasteiger partial charge on any atom is -0.368 e. The van der Waals surface area contributed by atoms with Crippen molar-refractivity contribution >= 4 is 33.3 Å². The third kappa shape index (κ3) is 2.90. The quantitative estimate of drug-likeness (QED) is 0.800. The van der Waals surface area contributed by atoms with Gasteiger partial charge in [-0.15, -0.1) is 11.3 Å². The summed E-state index contributed by atoms with van der Waals surface area (Å²) in [5.74, 6) is 1.02. The van der Waals surface area contributed by atoms with Crippen LogP contribution in [-0.4, -0.2) is 29.5 Å².